The van der Waals surface area contributed by atoms with Gasteiger partial charge in [-0.3, -0.25) is 0 Å². The van der Waals surface area contributed by atoms with Gasteiger partial charge in [-0.2, -0.15) is 17.5 Å². The number of hydrogen-bond acceptors (Lipinski definition) is 4. The number of nitrogens with zero attached hydrogens (tertiary/aromatic N) is 2. The average Bonchev–Trinajstić information content (AvgIpc) is 2.38. The summed E-state index contributed by atoms with van der Waals surface area (Å²) in [6.45, 7) is 1.77. The van der Waals surface area contributed by atoms with E-state index < -0.39 is 28.8 Å². The Labute approximate surface area is 122 Å². The molecule has 0 aromatic carbocycles. The Bertz CT molecular complexity index is 554. The molecule has 0 saturated heterocycles. The number of hydrogen-bond donors (Lipinski definition) is 1. The summed E-state index contributed by atoms with van der Waals surface area (Å²) in [5.74, 6) is 0.0962. The van der Waals surface area contributed by atoms with Gasteiger partial charge in [0.2, 0.25) is 10.0 Å². The monoisotopic (exact) mass is 325 g/mol. The predicted molar refractivity (Wildman–Crippen MR) is 73.0 cm³/mol. The summed E-state index contributed by atoms with van der Waals surface area (Å²) in [6, 6.07) is 1.67. The maximum Gasteiger partial charge on any atom is 0.402 e. The molecule has 1 aromatic rings. The Kier molecular flexibility index (Phi) is 5.57. The highest BCUT2D eigenvalue weighted by atomic mass is 32.2. The van der Waals surface area contributed by atoms with E-state index in [1.807, 2.05) is 0 Å². The molecule has 0 fully saturated rings. The van der Waals surface area contributed by atoms with Gasteiger partial charge >= 0.3 is 6.18 Å². The molecule has 0 saturated carbocycles. The molecule has 0 radical (unpaired) electrons. The Balaban J connectivity index is 3.25. The second kappa shape index (κ2) is 6.61. The third-order valence-electron chi connectivity index (χ3n) is 3.05. The van der Waals surface area contributed by atoms with Gasteiger partial charge in [0.15, 0.2) is 0 Å². The summed E-state index contributed by atoms with van der Waals surface area (Å²) < 4.78 is 63.5. The van der Waals surface area contributed by atoms with E-state index in [1.165, 1.54) is 6.07 Å². The zero-order chi connectivity index (χ0) is 16.3. The molecular weight excluding hydrogens is 307 g/mol. The second-order valence-electron chi connectivity index (χ2n) is 4.55. The fraction of sp³-hybridized carbons (Fsp3) is 0.583. The molecule has 120 valence electrons. The van der Waals surface area contributed by atoms with E-state index in [4.69, 9.17) is 5.73 Å². The van der Waals surface area contributed by atoms with E-state index in [9.17, 15) is 21.6 Å². The van der Waals surface area contributed by atoms with Crippen LogP contribution in [0.1, 0.15) is 26.7 Å². The first kappa shape index (κ1) is 17.7. The number of nitrogen functional groups attached to an aromatic ring is 1. The molecule has 1 heterocycles. The van der Waals surface area contributed by atoms with Gasteiger partial charge in [-0.05, 0) is 25.0 Å². The number of alkyl halides is 3. The van der Waals surface area contributed by atoms with E-state index in [0.29, 0.717) is 4.31 Å². The minimum atomic E-state index is -4.61. The van der Waals surface area contributed by atoms with Crippen LogP contribution in [0.4, 0.5) is 19.0 Å². The summed E-state index contributed by atoms with van der Waals surface area (Å²) in [4.78, 5) is 3.33. The molecular formula is C12H18F3N3O2S. The smallest absolute Gasteiger partial charge is 0.384 e. The van der Waals surface area contributed by atoms with Gasteiger partial charge in [0.25, 0.3) is 0 Å². The molecule has 0 amide bonds. The third kappa shape index (κ3) is 4.57. The molecule has 2 N–H and O–H groups in total. The lowest BCUT2D eigenvalue weighted by Gasteiger charge is -2.30. The van der Waals surface area contributed by atoms with Crippen molar-refractivity contribution in [2.24, 2.45) is 0 Å². The number of aromatic nitrogens is 1. The minimum absolute atomic E-state index is 0.0962. The van der Waals surface area contributed by atoms with Crippen LogP contribution in [-0.2, 0) is 10.0 Å². The van der Waals surface area contributed by atoms with Gasteiger partial charge < -0.3 is 5.73 Å². The molecule has 5 nitrogen and oxygen atoms in total. The first-order chi connectivity index (χ1) is 9.61. The minimum Gasteiger partial charge on any atom is -0.384 e. The lowest BCUT2D eigenvalue weighted by atomic mass is 10.2. The van der Waals surface area contributed by atoms with E-state index in [1.54, 1.807) is 13.8 Å². The Morgan fingerprint density at radius 1 is 1.29 bits per heavy atom. The van der Waals surface area contributed by atoms with Crippen LogP contribution in [0.5, 0.6) is 0 Å². The fourth-order valence-electron chi connectivity index (χ4n) is 1.96. The van der Waals surface area contributed by atoms with Crippen LogP contribution in [0.3, 0.4) is 0 Å². The van der Waals surface area contributed by atoms with E-state index >= 15 is 0 Å². The first-order valence-electron chi connectivity index (χ1n) is 6.42. The molecule has 1 aromatic heterocycles. The van der Waals surface area contributed by atoms with Crippen molar-refractivity contribution in [2.75, 3.05) is 12.3 Å². The second-order valence-corrected chi connectivity index (χ2v) is 6.45. The van der Waals surface area contributed by atoms with Crippen molar-refractivity contribution in [2.45, 2.75) is 43.8 Å². The molecule has 0 spiro atoms. The number of halogens is 3. The van der Waals surface area contributed by atoms with Crippen molar-refractivity contribution in [3.8, 4) is 0 Å². The van der Waals surface area contributed by atoms with Crippen molar-refractivity contribution in [3.63, 3.8) is 0 Å². The van der Waals surface area contributed by atoms with Crippen molar-refractivity contribution >= 4 is 15.8 Å². The standard InChI is InChI=1S/C12H18F3N3O2S/c1-3-9(4-2)18(8-12(13,14)15)21(19,20)10-5-6-11(16)17-7-10/h5-7,9H,3-4,8H2,1-2H3,(H2,16,17). The molecule has 0 aliphatic rings. The lowest BCUT2D eigenvalue weighted by Crippen LogP contribution is -2.45. The Hall–Kier alpha value is -1.35. The summed E-state index contributed by atoms with van der Waals surface area (Å²) in [5, 5.41) is 0. The van der Waals surface area contributed by atoms with Crippen LogP contribution in [0.15, 0.2) is 23.2 Å². The average molecular weight is 325 g/mol. The summed E-state index contributed by atoms with van der Waals surface area (Å²) in [7, 11) is -4.28. The Morgan fingerprint density at radius 3 is 2.24 bits per heavy atom. The number of pyridine rings is 1. The normalized spacial score (nSPS) is 13.1. The predicted octanol–water partition coefficient (Wildman–Crippen LogP) is 2.41. The number of anilines is 1. The summed E-state index contributed by atoms with van der Waals surface area (Å²) >= 11 is 0. The molecule has 21 heavy (non-hydrogen) atoms. The molecule has 0 unspecified atom stereocenters. The van der Waals surface area contributed by atoms with Gasteiger partial charge in [-0.1, -0.05) is 13.8 Å². The molecule has 0 aliphatic carbocycles. The van der Waals surface area contributed by atoms with Crippen LogP contribution >= 0.6 is 0 Å². The zero-order valence-electron chi connectivity index (χ0n) is 11.8. The van der Waals surface area contributed by atoms with Crippen molar-refractivity contribution in [1.29, 1.82) is 0 Å². The van der Waals surface area contributed by atoms with Crippen LogP contribution in [0.2, 0.25) is 0 Å². The van der Waals surface area contributed by atoms with Crippen molar-refractivity contribution in [1.82, 2.24) is 9.29 Å². The summed E-state index contributed by atoms with van der Waals surface area (Å²) in [6.07, 6.45) is -3.07. The number of nitrogens with two attached hydrogens (primary N) is 1. The summed E-state index contributed by atoms with van der Waals surface area (Å²) in [5.41, 5.74) is 5.36. The number of rotatable bonds is 6. The maximum atomic E-state index is 12.7. The largest absolute Gasteiger partial charge is 0.402 e. The van der Waals surface area contributed by atoms with Gasteiger partial charge in [0.1, 0.15) is 17.3 Å². The van der Waals surface area contributed by atoms with Crippen molar-refractivity contribution in [3.05, 3.63) is 18.3 Å². The van der Waals surface area contributed by atoms with Gasteiger partial charge in [-0.25, -0.2) is 13.4 Å². The molecule has 0 atom stereocenters. The highest BCUT2D eigenvalue weighted by molar-refractivity contribution is 7.89. The lowest BCUT2D eigenvalue weighted by molar-refractivity contribution is -0.139. The van der Waals surface area contributed by atoms with Crippen LogP contribution in [0.25, 0.3) is 0 Å². The Morgan fingerprint density at radius 2 is 1.86 bits per heavy atom. The zero-order valence-corrected chi connectivity index (χ0v) is 12.6. The van der Waals surface area contributed by atoms with Crippen LogP contribution < -0.4 is 5.73 Å². The third-order valence-corrected chi connectivity index (χ3v) is 4.93. The van der Waals surface area contributed by atoms with E-state index in [-0.39, 0.29) is 23.6 Å². The first-order valence-corrected chi connectivity index (χ1v) is 7.86. The van der Waals surface area contributed by atoms with Gasteiger partial charge in [0.05, 0.1) is 0 Å². The topological polar surface area (TPSA) is 76.3 Å². The fourth-order valence-corrected chi connectivity index (χ4v) is 3.67. The van der Waals surface area contributed by atoms with Crippen LogP contribution in [0, 0.1) is 0 Å². The maximum absolute atomic E-state index is 12.7. The van der Waals surface area contributed by atoms with Gasteiger partial charge in [0, 0.05) is 12.2 Å². The molecule has 1 rings (SSSR count). The molecule has 0 bridgehead atoms. The van der Waals surface area contributed by atoms with Crippen LogP contribution in [-0.4, -0.2) is 36.5 Å². The van der Waals surface area contributed by atoms with Crippen molar-refractivity contribution < 1.29 is 21.6 Å². The highest BCUT2D eigenvalue weighted by Gasteiger charge is 2.40. The highest BCUT2D eigenvalue weighted by Crippen LogP contribution is 2.26. The van der Waals surface area contributed by atoms with Gasteiger partial charge in [-0.15, -0.1) is 0 Å². The van der Waals surface area contributed by atoms with E-state index in [2.05, 4.69) is 4.98 Å². The van der Waals surface area contributed by atoms with E-state index in [0.717, 1.165) is 12.3 Å². The SMILES string of the molecule is CCC(CC)N(CC(F)(F)F)S(=O)(=O)c1ccc(N)nc1. The molecule has 9 heteroatoms. The quantitative estimate of drug-likeness (QED) is 0.871. The number of sulfonamides is 1. The molecule has 0 aliphatic heterocycles.